The van der Waals surface area contributed by atoms with Gasteiger partial charge in [0.2, 0.25) is 0 Å². The van der Waals surface area contributed by atoms with Crippen LogP contribution in [0.3, 0.4) is 0 Å². The van der Waals surface area contributed by atoms with E-state index < -0.39 is 0 Å². The number of rotatable bonds is 5. The van der Waals surface area contributed by atoms with Gasteiger partial charge in [-0.2, -0.15) is 5.26 Å². The minimum atomic E-state index is -0.0231. The molecule has 17 heavy (non-hydrogen) atoms. The Labute approximate surface area is 103 Å². The molecule has 1 N–H and O–H groups in total. The molecule has 0 saturated carbocycles. The second-order valence-corrected chi connectivity index (χ2v) is 4.73. The third kappa shape index (κ3) is 3.76. The summed E-state index contributed by atoms with van der Waals surface area (Å²) in [6.45, 7) is 5.29. The Morgan fingerprint density at radius 1 is 1.41 bits per heavy atom. The predicted octanol–water partition coefficient (Wildman–Crippen LogP) is 2.53. The van der Waals surface area contributed by atoms with Gasteiger partial charge in [-0.3, -0.25) is 0 Å². The minimum absolute atomic E-state index is 0.0231. The van der Waals surface area contributed by atoms with Crippen molar-refractivity contribution in [2.45, 2.75) is 26.9 Å². The van der Waals surface area contributed by atoms with Crippen LogP contribution in [-0.4, -0.2) is 18.7 Å². The molecular formula is C14H20N2O. The highest BCUT2D eigenvalue weighted by Gasteiger charge is 2.08. The highest BCUT2D eigenvalue weighted by molar-refractivity contribution is 5.60. The number of anilines is 1. The number of aliphatic hydroxyl groups excluding tert-OH is 1. The third-order valence-corrected chi connectivity index (χ3v) is 2.82. The first-order valence-corrected chi connectivity index (χ1v) is 5.93. The van der Waals surface area contributed by atoms with Gasteiger partial charge in [-0.25, -0.2) is 0 Å². The summed E-state index contributed by atoms with van der Waals surface area (Å²) in [7, 11) is 2.00. The normalized spacial score (nSPS) is 10.4. The van der Waals surface area contributed by atoms with Gasteiger partial charge in [0.15, 0.2) is 0 Å². The van der Waals surface area contributed by atoms with Gasteiger partial charge in [0.05, 0.1) is 17.9 Å². The zero-order valence-electron chi connectivity index (χ0n) is 10.8. The van der Waals surface area contributed by atoms with Crippen molar-refractivity contribution in [3.8, 4) is 6.07 Å². The van der Waals surface area contributed by atoms with Gasteiger partial charge in [0.25, 0.3) is 0 Å². The summed E-state index contributed by atoms with van der Waals surface area (Å²) in [4.78, 5) is 2.10. The highest BCUT2D eigenvalue weighted by atomic mass is 16.3. The van der Waals surface area contributed by atoms with E-state index in [9.17, 15) is 0 Å². The molecule has 3 nitrogen and oxygen atoms in total. The van der Waals surface area contributed by atoms with Crippen LogP contribution < -0.4 is 4.90 Å². The van der Waals surface area contributed by atoms with Crippen molar-refractivity contribution in [1.82, 2.24) is 0 Å². The average molecular weight is 232 g/mol. The zero-order chi connectivity index (χ0) is 12.8. The maximum absolute atomic E-state index is 9.11. The third-order valence-electron chi connectivity index (χ3n) is 2.82. The monoisotopic (exact) mass is 232 g/mol. The fourth-order valence-electron chi connectivity index (χ4n) is 1.68. The first-order valence-electron chi connectivity index (χ1n) is 5.93. The van der Waals surface area contributed by atoms with Crippen LogP contribution in [0.15, 0.2) is 18.2 Å². The van der Waals surface area contributed by atoms with Gasteiger partial charge in [-0.1, -0.05) is 19.9 Å². The molecule has 0 aliphatic rings. The molecule has 1 aromatic rings. The van der Waals surface area contributed by atoms with Crippen LogP contribution in [0.1, 0.15) is 31.4 Å². The lowest BCUT2D eigenvalue weighted by atomic mass is 10.1. The molecule has 0 aliphatic carbocycles. The van der Waals surface area contributed by atoms with Crippen molar-refractivity contribution < 1.29 is 5.11 Å². The van der Waals surface area contributed by atoms with Crippen LogP contribution in [0.2, 0.25) is 0 Å². The molecule has 0 radical (unpaired) electrons. The molecule has 0 aliphatic heterocycles. The smallest absolute Gasteiger partial charge is 0.101 e. The number of benzene rings is 1. The summed E-state index contributed by atoms with van der Waals surface area (Å²) < 4.78 is 0. The molecular weight excluding hydrogens is 212 g/mol. The van der Waals surface area contributed by atoms with Gasteiger partial charge in [0, 0.05) is 13.6 Å². The van der Waals surface area contributed by atoms with Crippen LogP contribution >= 0.6 is 0 Å². The highest BCUT2D eigenvalue weighted by Crippen LogP contribution is 2.21. The number of aliphatic hydroxyl groups is 1. The van der Waals surface area contributed by atoms with E-state index in [1.54, 1.807) is 6.07 Å². The van der Waals surface area contributed by atoms with Crippen molar-refractivity contribution in [3.63, 3.8) is 0 Å². The van der Waals surface area contributed by atoms with E-state index in [1.807, 2.05) is 19.2 Å². The average Bonchev–Trinajstić information content (AvgIpc) is 2.34. The molecule has 1 aromatic carbocycles. The molecule has 1 rings (SSSR count). The van der Waals surface area contributed by atoms with Crippen LogP contribution in [0.5, 0.6) is 0 Å². The first kappa shape index (κ1) is 13.5. The lowest BCUT2D eigenvalue weighted by Gasteiger charge is -2.21. The second-order valence-electron chi connectivity index (χ2n) is 4.73. The van der Waals surface area contributed by atoms with Gasteiger partial charge >= 0.3 is 0 Å². The number of nitrogens with zero attached hydrogens (tertiary/aromatic N) is 2. The maximum Gasteiger partial charge on any atom is 0.101 e. The van der Waals surface area contributed by atoms with Crippen molar-refractivity contribution in [3.05, 3.63) is 29.3 Å². The molecule has 0 aromatic heterocycles. The summed E-state index contributed by atoms with van der Waals surface area (Å²) in [6.07, 6.45) is 1.10. The SMILES string of the molecule is CC(C)CCN(C)c1ccc(CO)cc1C#N. The lowest BCUT2D eigenvalue weighted by Crippen LogP contribution is -2.20. The number of nitriles is 1. The number of hydrogen-bond acceptors (Lipinski definition) is 3. The standard InChI is InChI=1S/C14H20N2O/c1-11(2)6-7-16(3)14-5-4-12(10-17)8-13(14)9-15/h4-5,8,11,17H,6-7,10H2,1-3H3. The van der Waals surface area contributed by atoms with E-state index in [2.05, 4.69) is 24.8 Å². The molecule has 0 unspecified atom stereocenters. The van der Waals surface area contributed by atoms with E-state index in [0.29, 0.717) is 11.5 Å². The van der Waals surface area contributed by atoms with E-state index in [1.165, 1.54) is 0 Å². The van der Waals surface area contributed by atoms with Crippen molar-refractivity contribution in [1.29, 1.82) is 5.26 Å². The zero-order valence-corrected chi connectivity index (χ0v) is 10.8. The summed E-state index contributed by atoms with van der Waals surface area (Å²) >= 11 is 0. The summed E-state index contributed by atoms with van der Waals surface area (Å²) in [5.74, 6) is 0.653. The molecule has 0 spiro atoms. The second kappa shape index (κ2) is 6.27. The molecule has 0 heterocycles. The largest absolute Gasteiger partial charge is 0.392 e. The molecule has 0 bridgehead atoms. The molecule has 92 valence electrons. The fraction of sp³-hybridized carbons (Fsp3) is 0.500. The van der Waals surface area contributed by atoms with Crippen LogP contribution in [0.25, 0.3) is 0 Å². The van der Waals surface area contributed by atoms with Crippen molar-refractivity contribution in [2.75, 3.05) is 18.5 Å². The Morgan fingerprint density at radius 3 is 2.65 bits per heavy atom. The van der Waals surface area contributed by atoms with Crippen LogP contribution in [0, 0.1) is 17.2 Å². The van der Waals surface area contributed by atoms with Crippen LogP contribution in [-0.2, 0) is 6.61 Å². The van der Waals surface area contributed by atoms with E-state index >= 15 is 0 Å². The van der Waals surface area contributed by atoms with Gasteiger partial charge in [0.1, 0.15) is 6.07 Å². The lowest BCUT2D eigenvalue weighted by molar-refractivity contribution is 0.282. The Kier molecular flexibility index (Phi) is 4.99. The quantitative estimate of drug-likeness (QED) is 0.848. The molecule has 0 fully saturated rings. The van der Waals surface area contributed by atoms with E-state index in [0.717, 1.165) is 24.2 Å². The Bertz CT molecular complexity index is 407. The predicted molar refractivity (Wildman–Crippen MR) is 69.8 cm³/mol. The van der Waals surface area contributed by atoms with Gasteiger partial charge < -0.3 is 10.0 Å². The minimum Gasteiger partial charge on any atom is -0.392 e. The Morgan fingerprint density at radius 2 is 2.12 bits per heavy atom. The van der Waals surface area contributed by atoms with E-state index in [4.69, 9.17) is 10.4 Å². The Balaban J connectivity index is 2.86. The van der Waals surface area contributed by atoms with Crippen molar-refractivity contribution >= 4 is 5.69 Å². The molecule has 3 heteroatoms. The van der Waals surface area contributed by atoms with Crippen molar-refractivity contribution in [2.24, 2.45) is 5.92 Å². The molecule has 0 amide bonds. The Hall–Kier alpha value is -1.53. The molecule has 0 saturated heterocycles. The van der Waals surface area contributed by atoms with E-state index in [-0.39, 0.29) is 6.61 Å². The van der Waals surface area contributed by atoms with Gasteiger partial charge in [-0.15, -0.1) is 0 Å². The number of hydrogen-bond donors (Lipinski definition) is 1. The summed E-state index contributed by atoms with van der Waals surface area (Å²) in [5.41, 5.74) is 2.34. The summed E-state index contributed by atoms with van der Waals surface area (Å²) in [5, 5.41) is 18.1. The maximum atomic E-state index is 9.11. The topological polar surface area (TPSA) is 47.3 Å². The summed E-state index contributed by atoms with van der Waals surface area (Å²) in [6, 6.07) is 7.71. The first-order chi connectivity index (χ1) is 8.08. The fourth-order valence-corrected chi connectivity index (χ4v) is 1.68. The van der Waals surface area contributed by atoms with Gasteiger partial charge in [-0.05, 0) is 30.0 Å². The molecule has 0 atom stereocenters. The van der Waals surface area contributed by atoms with Crippen LogP contribution in [0.4, 0.5) is 5.69 Å².